The van der Waals surface area contributed by atoms with Crippen LogP contribution in [0.2, 0.25) is 0 Å². The van der Waals surface area contributed by atoms with Gasteiger partial charge in [-0.3, -0.25) is 19.8 Å². The third-order valence-corrected chi connectivity index (χ3v) is 3.99. The average molecular weight is 341 g/mol. The highest BCUT2D eigenvalue weighted by molar-refractivity contribution is 5.78. The SMILES string of the molecule is C#CCNC(=O)CN1CCCN(c2ccc(C#N)cc2[N+](=O)[O-])CC1. The van der Waals surface area contributed by atoms with E-state index in [0.717, 1.165) is 13.0 Å². The number of nitrogens with zero attached hydrogens (tertiary/aromatic N) is 4. The lowest BCUT2D eigenvalue weighted by atomic mass is 10.1. The number of amides is 1. The van der Waals surface area contributed by atoms with Crippen molar-refractivity contribution in [3.8, 4) is 18.4 Å². The van der Waals surface area contributed by atoms with Gasteiger partial charge in [-0.05, 0) is 18.6 Å². The van der Waals surface area contributed by atoms with Crippen molar-refractivity contribution >= 4 is 17.3 Å². The van der Waals surface area contributed by atoms with E-state index in [-0.39, 0.29) is 30.2 Å². The van der Waals surface area contributed by atoms with E-state index >= 15 is 0 Å². The molecule has 1 aliphatic rings. The fourth-order valence-corrected chi connectivity index (χ4v) is 2.79. The van der Waals surface area contributed by atoms with Crippen molar-refractivity contribution < 1.29 is 9.72 Å². The maximum absolute atomic E-state index is 11.8. The van der Waals surface area contributed by atoms with Gasteiger partial charge < -0.3 is 10.2 Å². The molecule has 8 heteroatoms. The molecule has 25 heavy (non-hydrogen) atoms. The minimum atomic E-state index is -0.466. The summed E-state index contributed by atoms with van der Waals surface area (Å²) in [5.74, 6) is 2.23. The van der Waals surface area contributed by atoms with Crippen LogP contribution in [0.1, 0.15) is 12.0 Å². The number of rotatable bonds is 5. The van der Waals surface area contributed by atoms with Crippen LogP contribution in [0.3, 0.4) is 0 Å². The van der Waals surface area contributed by atoms with Crippen molar-refractivity contribution in [1.29, 1.82) is 5.26 Å². The number of nitriles is 1. The van der Waals surface area contributed by atoms with E-state index in [0.29, 0.717) is 25.3 Å². The summed E-state index contributed by atoms with van der Waals surface area (Å²) in [6.07, 6.45) is 5.89. The number of terminal acetylenes is 1. The van der Waals surface area contributed by atoms with E-state index in [4.69, 9.17) is 11.7 Å². The van der Waals surface area contributed by atoms with Gasteiger partial charge in [0.25, 0.3) is 5.69 Å². The Morgan fingerprint density at radius 3 is 2.84 bits per heavy atom. The molecule has 2 rings (SSSR count). The zero-order chi connectivity index (χ0) is 18.2. The van der Waals surface area contributed by atoms with E-state index in [1.165, 1.54) is 6.07 Å². The van der Waals surface area contributed by atoms with Gasteiger partial charge in [-0.2, -0.15) is 5.26 Å². The lowest BCUT2D eigenvalue weighted by Gasteiger charge is -2.23. The molecule has 1 heterocycles. The molecule has 1 fully saturated rings. The zero-order valence-electron chi connectivity index (χ0n) is 13.8. The van der Waals surface area contributed by atoms with Crippen LogP contribution in [0, 0.1) is 33.8 Å². The van der Waals surface area contributed by atoms with Crippen molar-refractivity contribution in [2.45, 2.75) is 6.42 Å². The average Bonchev–Trinajstić information content (AvgIpc) is 2.84. The third kappa shape index (κ3) is 4.93. The highest BCUT2D eigenvalue weighted by Crippen LogP contribution is 2.29. The van der Waals surface area contributed by atoms with Crippen molar-refractivity contribution in [2.24, 2.45) is 0 Å². The fourth-order valence-electron chi connectivity index (χ4n) is 2.79. The van der Waals surface area contributed by atoms with E-state index < -0.39 is 4.92 Å². The van der Waals surface area contributed by atoms with Crippen LogP contribution >= 0.6 is 0 Å². The number of benzene rings is 1. The first kappa shape index (κ1) is 18.2. The summed E-state index contributed by atoms with van der Waals surface area (Å²) in [6, 6.07) is 6.42. The molecule has 0 aromatic heterocycles. The Balaban J connectivity index is 2.06. The van der Waals surface area contributed by atoms with E-state index in [9.17, 15) is 14.9 Å². The van der Waals surface area contributed by atoms with Crippen molar-refractivity contribution in [3.05, 3.63) is 33.9 Å². The van der Waals surface area contributed by atoms with Crippen LogP contribution in [-0.2, 0) is 4.79 Å². The molecule has 0 aliphatic carbocycles. The Labute approximate surface area is 146 Å². The van der Waals surface area contributed by atoms with Gasteiger partial charge in [-0.25, -0.2) is 0 Å². The largest absolute Gasteiger partial charge is 0.365 e. The molecule has 1 amide bonds. The highest BCUT2D eigenvalue weighted by atomic mass is 16.6. The molecule has 0 radical (unpaired) electrons. The first-order chi connectivity index (χ1) is 12.0. The summed E-state index contributed by atoms with van der Waals surface area (Å²) in [4.78, 5) is 26.5. The number of hydrogen-bond donors (Lipinski definition) is 1. The first-order valence-corrected chi connectivity index (χ1v) is 7.91. The van der Waals surface area contributed by atoms with E-state index in [1.54, 1.807) is 12.1 Å². The minimum absolute atomic E-state index is 0.0701. The minimum Gasteiger partial charge on any atom is -0.365 e. The highest BCUT2D eigenvalue weighted by Gasteiger charge is 2.23. The maximum atomic E-state index is 11.8. The number of nitrogens with one attached hydrogen (secondary N) is 1. The summed E-state index contributed by atoms with van der Waals surface area (Å²) in [5.41, 5.74) is 0.693. The molecule has 1 saturated heterocycles. The van der Waals surface area contributed by atoms with Crippen LogP contribution in [0.15, 0.2) is 18.2 Å². The molecule has 0 spiro atoms. The molecular weight excluding hydrogens is 322 g/mol. The van der Waals surface area contributed by atoms with Crippen molar-refractivity contribution in [3.63, 3.8) is 0 Å². The third-order valence-electron chi connectivity index (χ3n) is 3.99. The zero-order valence-corrected chi connectivity index (χ0v) is 13.8. The summed E-state index contributed by atoms with van der Waals surface area (Å²) < 4.78 is 0. The van der Waals surface area contributed by atoms with Crippen LogP contribution in [0.5, 0.6) is 0 Å². The summed E-state index contributed by atoms with van der Waals surface area (Å²) >= 11 is 0. The molecule has 0 saturated carbocycles. The molecule has 1 aliphatic heterocycles. The van der Waals surface area contributed by atoms with Crippen LogP contribution in [0.25, 0.3) is 0 Å². The normalized spacial score (nSPS) is 14.9. The van der Waals surface area contributed by atoms with E-state index in [2.05, 4.69) is 11.2 Å². The van der Waals surface area contributed by atoms with Crippen LogP contribution in [-0.4, -0.2) is 55.0 Å². The molecule has 130 valence electrons. The molecule has 0 atom stereocenters. The Bertz CT molecular complexity index is 735. The van der Waals surface area contributed by atoms with Crippen molar-refractivity contribution in [1.82, 2.24) is 10.2 Å². The molecule has 1 aromatic rings. The van der Waals surface area contributed by atoms with Gasteiger partial charge in [0, 0.05) is 32.2 Å². The standard InChI is InChI=1S/C17H19N5O3/c1-2-6-19-17(23)13-20-7-3-8-21(10-9-20)15-5-4-14(12-18)11-16(15)22(24)25/h1,4-5,11H,3,6-10,13H2,(H,19,23). The number of anilines is 1. The Kier molecular flexibility index (Phi) is 6.33. The molecule has 0 unspecified atom stereocenters. The van der Waals surface area contributed by atoms with Gasteiger partial charge in [0.2, 0.25) is 5.91 Å². The maximum Gasteiger partial charge on any atom is 0.293 e. The number of carbonyl (C=O) groups is 1. The molecule has 0 bridgehead atoms. The number of nitro groups is 1. The fraction of sp³-hybridized carbons (Fsp3) is 0.412. The number of hydrogen-bond acceptors (Lipinski definition) is 6. The molecule has 8 nitrogen and oxygen atoms in total. The Hall–Kier alpha value is -3.10. The quantitative estimate of drug-likeness (QED) is 0.481. The predicted molar refractivity (Wildman–Crippen MR) is 92.9 cm³/mol. The monoisotopic (exact) mass is 341 g/mol. The van der Waals surface area contributed by atoms with Gasteiger partial charge in [0.05, 0.1) is 29.6 Å². The second-order valence-corrected chi connectivity index (χ2v) is 5.67. The summed E-state index contributed by atoms with van der Waals surface area (Å²) in [6.45, 7) is 3.01. The lowest BCUT2D eigenvalue weighted by Crippen LogP contribution is -2.39. The topological polar surface area (TPSA) is 103 Å². The summed E-state index contributed by atoms with van der Waals surface area (Å²) in [7, 11) is 0. The second kappa shape index (κ2) is 8.67. The molecule has 1 aromatic carbocycles. The Morgan fingerprint density at radius 2 is 2.16 bits per heavy atom. The first-order valence-electron chi connectivity index (χ1n) is 7.91. The van der Waals surface area contributed by atoms with Gasteiger partial charge in [0.15, 0.2) is 0 Å². The molecular formula is C17H19N5O3. The smallest absolute Gasteiger partial charge is 0.293 e. The van der Waals surface area contributed by atoms with Crippen molar-refractivity contribution in [2.75, 3.05) is 44.2 Å². The predicted octanol–water partition coefficient (Wildman–Crippen LogP) is 0.728. The summed E-state index contributed by atoms with van der Waals surface area (Å²) in [5, 5.41) is 22.9. The van der Waals surface area contributed by atoms with E-state index in [1.807, 2.05) is 15.9 Å². The van der Waals surface area contributed by atoms with Gasteiger partial charge >= 0.3 is 0 Å². The van der Waals surface area contributed by atoms with Gasteiger partial charge in [-0.15, -0.1) is 6.42 Å². The van der Waals surface area contributed by atoms with Gasteiger partial charge in [-0.1, -0.05) is 5.92 Å². The lowest BCUT2D eigenvalue weighted by molar-refractivity contribution is -0.384. The number of nitro benzene ring substituents is 1. The number of carbonyl (C=O) groups excluding carboxylic acids is 1. The molecule has 1 N–H and O–H groups in total. The Morgan fingerprint density at radius 1 is 1.36 bits per heavy atom. The van der Waals surface area contributed by atoms with Crippen LogP contribution < -0.4 is 10.2 Å². The second-order valence-electron chi connectivity index (χ2n) is 5.67. The van der Waals surface area contributed by atoms with Gasteiger partial charge in [0.1, 0.15) is 5.69 Å². The van der Waals surface area contributed by atoms with Crippen LogP contribution in [0.4, 0.5) is 11.4 Å².